The molecule has 0 aromatic carbocycles. The first-order valence-corrected chi connectivity index (χ1v) is 18.3. The molecule has 0 saturated carbocycles. The second-order valence-corrected chi connectivity index (χ2v) is 15.6. The highest BCUT2D eigenvalue weighted by Gasteiger charge is 2.38. The Hall–Kier alpha value is -3.89. The van der Waals surface area contributed by atoms with Crippen molar-refractivity contribution in [2.45, 2.75) is 95.9 Å². The van der Waals surface area contributed by atoms with Gasteiger partial charge in [-0.3, -0.25) is 23.9 Å². The lowest BCUT2D eigenvalue weighted by Gasteiger charge is -2.32. The molecule has 4 amide bonds. The van der Waals surface area contributed by atoms with E-state index in [4.69, 9.17) is 14.6 Å². The summed E-state index contributed by atoms with van der Waals surface area (Å²) < 4.78 is 36.1. The second-order valence-electron chi connectivity index (χ2n) is 12.7. The lowest BCUT2D eigenvalue weighted by atomic mass is 9.79. The van der Waals surface area contributed by atoms with E-state index in [1.807, 2.05) is 18.6 Å². The Balaban J connectivity index is 2.23. The molecule has 290 valence electrons. The number of thiol groups is 1. The molecule has 3 unspecified atom stereocenters. The van der Waals surface area contributed by atoms with Crippen LogP contribution >= 0.6 is 12.6 Å². The van der Waals surface area contributed by atoms with E-state index in [0.29, 0.717) is 18.7 Å². The van der Waals surface area contributed by atoms with Gasteiger partial charge in [0.05, 0.1) is 30.3 Å². The summed E-state index contributed by atoms with van der Waals surface area (Å²) in [5.41, 5.74) is -0.504. The summed E-state index contributed by atoms with van der Waals surface area (Å²) in [6, 6.07) is -2.47. The molecule has 0 fully saturated rings. The number of amides is 4. The average Bonchev–Trinajstić information content (AvgIpc) is 3.51. The molecule has 1 rings (SSSR count). The van der Waals surface area contributed by atoms with E-state index in [2.05, 4.69) is 49.2 Å². The van der Waals surface area contributed by atoms with Gasteiger partial charge < -0.3 is 35.6 Å². The zero-order chi connectivity index (χ0) is 38.7. The number of nitrogens with zero attached hydrogens (tertiary/aromatic N) is 3. The van der Waals surface area contributed by atoms with E-state index >= 15 is 0 Å². The third kappa shape index (κ3) is 19.9. The predicted molar refractivity (Wildman–Crippen MR) is 183 cm³/mol. The fourth-order valence-corrected chi connectivity index (χ4v) is 6.50. The number of nitrogens with one attached hydrogen (secondary N) is 5. The molecule has 1 heterocycles. The van der Waals surface area contributed by atoms with Crippen molar-refractivity contribution in [3.63, 3.8) is 0 Å². The molecule has 7 N–H and O–H groups in total. The summed E-state index contributed by atoms with van der Waals surface area (Å²) in [4.78, 5) is 71.6. The number of carbonyl (C=O) groups excluding carboxylic acids is 4. The quantitative estimate of drug-likeness (QED) is 0.0391. The average molecular weight is 767 g/mol. The minimum atomic E-state index is -4.03. The summed E-state index contributed by atoms with van der Waals surface area (Å²) in [6.45, 7) is 6.73. The highest BCUT2D eigenvalue weighted by atomic mass is 32.2. The van der Waals surface area contributed by atoms with Crippen molar-refractivity contribution in [3.8, 4) is 0 Å². The summed E-state index contributed by atoms with van der Waals surface area (Å²) in [5, 5.41) is 39.2. The zero-order valence-corrected chi connectivity index (χ0v) is 30.9. The molecule has 0 saturated heterocycles. The van der Waals surface area contributed by atoms with Crippen LogP contribution in [-0.4, -0.2) is 130 Å². The number of carbonyl (C=O) groups is 6. The van der Waals surface area contributed by atoms with Crippen LogP contribution < -0.4 is 20.7 Å². The van der Waals surface area contributed by atoms with Crippen molar-refractivity contribution in [2.75, 3.05) is 38.7 Å². The van der Waals surface area contributed by atoms with Crippen molar-refractivity contribution in [3.05, 3.63) is 5.82 Å². The molecule has 0 aliphatic carbocycles. The zero-order valence-electron chi connectivity index (χ0n) is 29.2. The minimum absolute atomic E-state index is 0.0271. The van der Waals surface area contributed by atoms with Gasteiger partial charge in [-0.05, 0) is 38.0 Å². The molecule has 0 aliphatic heterocycles. The monoisotopic (exact) mass is 766 g/mol. The normalized spacial score (nSPS) is 14.1. The second kappa shape index (κ2) is 22.1. The van der Waals surface area contributed by atoms with Gasteiger partial charge in [0.15, 0.2) is 5.82 Å². The van der Waals surface area contributed by atoms with Crippen LogP contribution in [0.5, 0.6) is 0 Å². The number of carboxylic acids is 2. The summed E-state index contributed by atoms with van der Waals surface area (Å²) in [7, 11) is -4.03. The number of tetrazole rings is 1. The number of rotatable bonds is 27. The largest absolute Gasteiger partial charge is 0.480 e. The topological polar surface area (TPSA) is 298 Å². The molecule has 22 heteroatoms. The third-order valence-corrected chi connectivity index (χ3v) is 8.76. The van der Waals surface area contributed by atoms with Crippen LogP contribution in [0.15, 0.2) is 0 Å². The number of sulfonamides is 1. The third-order valence-electron chi connectivity index (χ3n) is 7.08. The Kier molecular flexibility index (Phi) is 19.6. The van der Waals surface area contributed by atoms with Crippen LogP contribution in [-0.2, 0) is 54.7 Å². The number of hydrogen-bond acceptors (Lipinski definition) is 14. The van der Waals surface area contributed by atoms with Crippen LogP contribution in [0.1, 0.15) is 78.5 Å². The maximum Gasteiger partial charge on any atom is 0.326 e. The van der Waals surface area contributed by atoms with E-state index in [0.717, 1.165) is 0 Å². The van der Waals surface area contributed by atoms with Gasteiger partial charge in [-0.25, -0.2) is 18.0 Å². The molecule has 0 aliphatic rings. The molecule has 3 atom stereocenters. The Morgan fingerprint density at radius 1 is 0.902 bits per heavy atom. The first kappa shape index (κ1) is 45.1. The first-order chi connectivity index (χ1) is 23.8. The first-order valence-electron chi connectivity index (χ1n) is 16.2. The van der Waals surface area contributed by atoms with Gasteiger partial charge in [-0.15, -0.1) is 10.2 Å². The standard InChI is InChI=1S/C29H50N8O12S2/c1-5-7-19(25(41)42)31-23(39)10-9-20(26(43)44)32-24(40)17-49-14-13-48-12-11-30-22(38)8-6-15-51(46,47)35-27(45)29(4,50)18-28(2,3)16-21-33-36-37-34-21/h19-20,50H,5-18H2,1-4H3,(H,30,38)(H,31,39)(H,32,40)(H,35,45)(H,41,42)(H,43,44)(H,33,34,36,37). The van der Waals surface area contributed by atoms with E-state index < -0.39 is 80.2 Å². The molecular weight excluding hydrogens is 716 g/mol. The van der Waals surface area contributed by atoms with Crippen molar-refractivity contribution in [1.82, 2.24) is 41.3 Å². The van der Waals surface area contributed by atoms with E-state index in [1.54, 1.807) is 6.92 Å². The number of carboxylic acid groups (broad SMARTS) is 2. The van der Waals surface area contributed by atoms with E-state index in [9.17, 15) is 42.3 Å². The van der Waals surface area contributed by atoms with Crippen LogP contribution in [0, 0.1) is 5.41 Å². The maximum absolute atomic E-state index is 12.7. The molecule has 51 heavy (non-hydrogen) atoms. The van der Waals surface area contributed by atoms with Crippen molar-refractivity contribution >= 4 is 58.2 Å². The molecule has 0 spiro atoms. The van der Waals surface area contributed by atoms with Crippen LogP contribution in [0.2, 0.25) is 0 Å². The van der Waals surface area contributed by atoms with Gasteiger partial charge in [0, 0.05) is 25.8 Å². The number of aromatic amines is 1. The Morgan fingerprint density at radius 3 is 2.14 bits per heavy atom. The van der Waals surface area contributed by atoms with Gasteiger partial charge in [-0.1, -0.05) is 32.4 Å². The summed E-state index contributed by atoms with van der Waals surface area (Å²) in [5.74, 6) is -5.19. The van der Waals surface area contributed by atoms with Crippen LogP contribution in [0.4, 0.5) is 0 Å². The minimum Gasteiger partial charge on any atom is -0.480 e. The van der Waals surface area contributed by atoms with Gasteiger partial charge >= 0.3 is 11.9 Å². The SMILES string of the molecule is CCCC(NC(=O)CCC(NC(=O)COCCOCCNC(=O)CCCS(=O)(=O)NC(=O)C(C)(S)CC(C)(C)Cc1nn[nH]n1)C(=O)O)C(=O)O. The van der Waals surface area contributed by atoms with Gasteiger partial charge in [-0.2, -0.15) is 17.8 Å². The smallest absolute Gasteiger partial charge is 0.326 e. The van der Waals surface area contributed by atoms with Crippen LogP contribution in [0.25, 0.3) is 0 Å². The Bertz CT molecular complexity index is 1410. The molecule has 20 nitrogen and oxygen atoms in total. The Labute approximate surface area is 301 Å². The number of hydrogen-bond donors (Lipinski definition) is 8. The molecule has 1 aromatic rings. The van der Waals surface area contributed by atoms with Gasteiger partial charge in [0.1, 0.15) is 18.7 Å². The highest BCUT2D eigenvalue weighted by molar-refractivity contribution is 7.90. The molecule has 0 bridgehead atoms. The molecule has 1 aromatic heterocycles. The van der Waals surface area contributed by atoms with Gasteiger partial charge in [0.2, 0.25) is 33.7 Å². The maximum atomic E-state index is 12.7. The van der Waals surface area contributed by atoms with E-state index in [1.165, 1.54) is 6.92 Å². The van der Waals surface area contributed by atoms with Crippen LogP contribution in [0.3, 0.4) is 0 Å². The molecular formula is C29H50N8O12S2. The van der Waals surface area contributed by atoms with Crippen molar-refractivity contribution in [2.24, 2.45) is 5.41 Å². The number of H-pyrrole nitrogens is 1. The fourth-order valence-electron chi connectivity index (χ4n) is 4.80. The Morgan fingerprint density at radius 2 is 1.53 bits per heavy atom. The lowest BCUT2D eigenvalue weighted by Crippen LogP contribution is -2.46. The van der Waals surface area contributed by atoms with E-state index in [-0.39, 0.29) is 64.9 Å². The van der Waals surface area contributed by atoms with Crippen molar-refractivity contribution in [1.29, 1.82) is 0 Å². The fraction of sp³-hybridized carbons (Fsp3) is 0.759. The highest BCUT2D eigenvalue weighted by Crippen LogP contribution is 2.34. The predicted octanol–water partition coefficient (Wildman–Crippen LogP) is -1.06. The number of aromatic nitrogens is 4. The number of aliphatic carboxylic acids is 2. The molecule has 0 radical (unpaired) electrons. The summed E-state index contributed by atoms with van der Waals surface area (Å²) >= 11 is 4.41. The lowest BCUT2D eigenvalue weighted by molar-refractivity contribution is -0.144. The summed E-state index contributed by atoms with van der Waals surface area (Å²) in [6.07, 6.45) is 0.604. The number of ether oxygens (including phenoxy) is 2. The van der Waals surface area contributed by atoms with Crippen molar-refractivity contribution < 1.29 is 56.9 Å². The van der Waals surface area contributed by atoms with Gasteiger partial charge in [0.25, 0.3) is 0 Å².